The Morgan fingerprint density at radius 3 is 2.54 bits per heavy atom. The molecule has 0 radical (unpaired) electrons. The van der Waals surface area contributed by atoms with Gasteiger partial charge in [-0.3, -0.25) is 25.1 Å². The van der Waals surface area contributed by atoms with Gasteiger partial charge in [0, 0.05) is 5.69 Å². The number of aromatic nitrogens is 2. The van der Waals surface area contributed by atoms with E-state index < -0.39 is 5.91 Å². The molecule has 7 heteroatoms. The van der Waals surface area contributed by atoms with E-state index in [1.165, 1.54) is 0 Å². The third-order valence-electron chi connectivity index (χ3n) is 4.16. The maximum Gasteiger partial charge on any atom is 0.276 e. The molecule has 0 spiro atoms. The average molecular weight is 358 g/mol. The van der Waals surface area contributed by atoms with Crippen LogP contribution < -0.4 is 15.6 Å². The topological polar surface area (TPSA) is 85.3 Å². The predicted octanol–water partition coefficient (Wildman–Crippen LogP) is 2.24. The average Bonchev–Trinajstić information content (AvgIpc) is 2.94. The van der Waals surface area contributed by atoms with Gasteiger partial charge in [0.1, 0.15) is 12.3 Å². The SMILES string of the molecule is CCC(C)c1ccccc1OCC(=O)NNC(=O)Cn1nc(C)cc1C. The normalized spacial score (nSPS) is 11.7. The fourth-order valence-corrected chi connectivity index (χ4v) is 2.57. The van der Waals surface area contributed by atoms with Crippen molar-refractivity contribution in [3.8, 4) is 5.75 Å². The highest BCUT2D eigenvalue weighted by atomic mass is 16.5. The van der Waals surface area contributed by atoms with Crippen LogP contribution in [0.1, 0.15) is 43.1 Å². The first kappa shape index (κ1) is 19.5. The number of para-hydroxylation sites is 1. The van der Waals surface area contributed by atoms with Gasteiger partial charge in [-0.2, -0.15) is 5.10 Å². The Bertz CT molecular complexity index is 770. The van der Waals surface area contributed by atoms with Gasteiger partial charge in [-0.05, 0) is 43.9 Å². The Labute approximate surface area is 153 Å². The van der Waals surface area contributed by atoms with Crippen LogP contribution in [0.25, 0.3) is 0 Å². The van der Waals surface area contributed by atoms with E-state index >= 15 is 0 Å². The van der Waals surface area contributed by atoms with Gasteiger partial charge in [-0.15, -0.1) is 0 Å². The maximum absolute atomic E-state index is 11.9. The van der Waals surface area contributed by atoms with Gasteiger partial charge in [0.15, 0.2) is 6.61 Å². The zero-order valence-corrected chi connectivity index (χ0v) is 15.7. The number of benzene rings is 1. The molecule has 0 fully saturated rings. The highest BCUT2D eigenvalue weighted by Crippen LogP contribution is 2.28. The van der Waals surface area contributed by atoms with Crippen molar-refractivity contribution < 1.29 is 14.3 Å². The van der Waals surface area contributed by atoms with E-state index in [9.17, 15) is 9.59 Å². The lowest BCUT2D eigenvalue weighted by molar-refractivity contribution is -0.130. The maximum atomic E-state index is 11.9. The van der Waals surface area contributed by atoms with Crippen molar-refractivity contribution in [1.29, 1.82) is 0 Å². The summed E-state index contributed by atoms with van der Waals surface area (Å²) >= 11 is 0. The molecule has 2 aromatic rings. The first-order chi connectivity index (χ1) is 12.4. The Hall–Kier alpha value is -2.83. The van der Waals surface area contributed by atoms with Crippen LogP contribution in [-0.4, -0.2) is 28.2 Å². The summed E-state index contributed by atoms with van der Waals surface area (Å²) in [4.78, 5) is 23.8. The third kappa shape index (κ3) is 5.34. The van der Waals surface area contributed by atoms with E-state index in [-0.39, 0.29) is 19.1 Å². The predicted molar refractivity (Wildman–Crippen MR) is 98.6 cm³/mol. The molecule has 0 aliphatic heterocycles. The molecule has 7 nitrogen and oxygen atoms in total. The smallest absolute Gasteiger partial charge is 0.276 e. The fourth-order valence-electron chi connectivity index (χ4n) is 2.57. The number of ether oxygens (including phenoxy) is 1. The van der Waals surface area contributed by atoms with Gasteiger partial charge >= 0.3 is 0 Å². The number of hydrogen-bond acceptors (Lipinski definition) is 4. The van der Waals surface area contributed by atoms with Gasteiger partial charge in [0.2, 0.25) is 0 Å². The summed E-state index contributed by atoms with van der Waals surface area (Å²) in [6, 6.07) is 9.55. The van der Waals surface area contributed by atoms with Crippen LogP contribution in [0.15, 0.2) is 30.3 Å². The molecule has 2 rings (SSSR count). The van der Waals surface area contributed by atoms with Gasteiger partial charge in [-0.25, -0.2) is 0 Å². The lowest BCUT2D eigenvalue weighted by Crippen LogP contribution is -2.45. The van der Waals surface area contributed by atoms with E-state index in [2.05, 4.69) is 29.8 Å². The minimum Gasteiger partial charge on any atom is -0.483 e. The number of carbonyl (C=O) groups is 2. The summed E-state index contributed by atoms with van der Waals surface area (Å²) in [6.45, 7) is 7.81. The van der Waals surface area contributed by atoms with Crippen molar-refractivity contribution in [1.82, 2.24) is 20.6 Å². The van der Waals surface area contributed by atoms with E-state index in [1.54, 1.807) is 4.68 Å². The second-order valence-corrected chi connectivity index (χ2v) is 6.32. The number of nitrogens with one attached hydrogen (secondary N) is 2. The zero-order chi connectivity index (χ0) is 19.1. The Morgan fingerprint density at radius 2 is 1.88 bits per heavy atom. The number of aryl methyl sites for hydroxylation is 2. The second kappa shape index (κ2) is 9.03. The number of carbonyl (C=O) groups excluding carboxylic acids is 2. The lowest BCUT2D eigenvalue weighted by atomic mass is 9.98. The molecule has 2 amide bonds. The van der Waals surface area contributed by atoms with Gasteiger partial charge in [-0.1, -0.05) is 32.0 Å². The van der Waals surface area contributed by atoms with Crippen molar-refractivity contribution in [2.24, 2.45) is 0 Å². The Balaban J connectivity index is 1.81. The van der Waals surface area contributed by atoms with Crippen molar-refractivity contribution in [2.75, 3.05) is 6.61 Å². The molecule has 0 saturated carbocycles. The molecule has 1 heterocycles. The number of nitrogens with zero attached hydrogens (tertiary/aromatic N) is 2. The van der Waals surface area contributed by atoms with Crippen molar-refractivity contribution in [3.63, 3.8) is 0 Å². The number of rotatable bonds is 7. The van der Waals surface area contributed by atoms with E-state index in [0.717, 1.165) is 23.4 Å². The molecular formula is C19H26N4O3. The van der Waals surface area contributed by atoms with Crippen LogP contribution >= 0.6 is 0 Å². The molecule has 0 aliphatic carbocycles. The first-order valence-corrected chi connectivity index (χ1v) is 8.71. The van der Waals surface area contributed by atoms with E-state index in [4.69, 9.17) is 4.74 Å². The summed E-state index contributed by atoms with van der Waals surface area (Å²) in [6.07, 6.45) is 0.981. The molecule has 1 aromatic heterocycles. The summed E-state index contributed by atoms with van der Waals surface area (Å²) < 4.78 is 7.19. The molecule has 0 bridgehead atoms. The summed E-state index contributed by atoms with van der Waals surface area (Å²) in [5.74, 6) is 0.246. The monoisotopic (exact) mass is 358 g/mol. The molecule has 140 valence electrons. The summed E-state index contributed by atoms with van der Waals surface area (Å²) in [7, 11) is 0. The first-order valence-electron chi connectivity index (χ1n) is 8.71. The highest BCUT2D eigenvalue weighted by molar-refractivity contribution is 5.82. The third-order valence-corrected chi connectivity index (χ3v) is 4.16. The molecule has 0 saturated heterocycles. The lowest BCUT2D eigenvalue weighted by Gasteiger charge is -2.15. The number of hydrazine groups is 1. The Morgan fingerprint density at radius 1 is 1.19 bits per heavy atom. The van der Waals surface area contributed by atoms with Crippen molar-refractivity contribution in [3.05, 3.63) is 47.3 Å². The Kier molecular flexibility index (Phi) is 6.77. The molecule has 1 atom stereocenters. The van der Waals surface area contributed by atoms with Crippen LogP contribution in [0.2, 0.25) is 0 Å². The van der Waals surface area contributed by atoms with Crippen molar-refractivity contribution >= 4 is 11.8 Å². The largest absolute Gasteiger partial charge is 0.483 e. The van der Waals surface area contributed by atoms with Crippen molar-refractivity contribution in [2.45, 2.75) is 46.6 Å². The minimum atomic E-state index is -0.425. The molecule has 0 aliphatic rings. The highest BCUT2D eigenvalue weighted by Gasteiger charge is 2.12. The summed E-state index contributed by atoms with van der Waals surface area (Å²) in [5, 5.41) is 4.21. The van der Waals surface area contributed by atoms with E-state index in [1.807, 2.05) is 44.2 Å². The molecule has 2 N–H and O–H groups in total. The van der Waals surface area contributed by atoms with Crippen LogP contribution in [-0.2, 0) is 16.1 Å². The van der Waals surface area contributed by atoms with E-state index in [0.29, 0.717) is 11.7 Å². The quantitative estimate of drug-likeness (QED) is 0.744. The van der Waals surface area contributed by atoms with Crippen LogP contribution in [0.4, 0.5) is 0 Å². The van der Waals surface area contributed by atoms with Crippen LogP contribution in [0.3, 0.4) is 0 Å². The minimum absolute atomic E-state index is 0.0393. The van der Waals surface area contributed by atoms with Gasteiger partial charge < -0.3 is 4.74 Å². The molecule has 26 heavy (non-hydrogen) atoms. The fraction of sp³-hybridized carbons (Fsp3) is 0.421. The van der Waals surface area contributed by atoms with Crippen LogP contribution in [0, 0.1) is 13.8 Å². The number of hydrogen-bond donors (Lipinski definition) is 2. The van der Waals surface area contributed by atoms with Gasteiger partial charge in [0.25, 0.3) is 11.8 Å². The van der Waals surface area contributed by atoms with Crippen LogP contribution in [0.5, 0.6) is 5.75 Å². The molecule has 1 unspecified atom stereocenters. The zero-order valence-electron chi connectivity index (χ0n) is 15.7. The summed E-state index contributed by atoms with van der Waals surface area (Å²) in [5.41, 5.74) is 7.52. The number of amides is 2. The molecular weight excluding hydrogens is 332 g/mol. The second-order valence-electron chi connectivity index (χ2n) is 6.32. The molecule has 1 aromatic carbocycles. The standard InChI is InChI=1S/C19H26N4O3/c1-5-13(2)16-8-6-7-9-17(16)26-12-19(25)21-20-18(24)11-23-15(4)10-14(3)22-23/h6-10,13H,5,11-12H2,1-4H3,(H,20,24)(H,21,25). The van der Waals surface area contributed by atoms with Gasteiger partial charge in [0.05, 0.1) is 5.69 Å².